The Hall–Kier alpha value is -1.68. The zero-order chi connectivity index (χ0) is 16.4. The number of nitrogens with zero attached hydrogens (tertiary/aromatic N) is 1. The molecule has 0 saturated carbocycles. The zero-order valence-electron chi connectivity index (χ0n) is 12.7. The molecule has 3 rings (SSSR count). The number of anilines is 1. The number of hydrogen-bond donors (Lipinski definition) is 2. The van der Waals surface area contributed by atoms with Crippen molar-refractivity contribution in [2.24, 2.45) is 5.73 Å². The molecule has 1 aliphatic rings. The minimum atomic E-state index is 0.0114. The van der Waals surface area contributed by atoms with Crippen molar-refractivity contribution in [1.82, 2.24) is 4.90 Å². The third-order valence-corrected chi connectivity index (χ3v) is 4.48. The highest BCUT2D eigenvalue weighted by Crippen LogP contribution is 2.27. The monoisotopic (exact) mass is 347 g/mol. The summed E-state index contributed by atoms with van der Waals surface area (Å²) in [6.45, 7) is 6.41. The number of hydrogen-bond acceptors (Lipinski definition) is 3. The molecule has 0 aliphatic carbocycles. The lowest BCUT2D eigenvalue weighted by Crippen LogP contribution is -2.37. The lowest BCUT2D eigenvalue weighted by Gasteiger charge is -2.35. The van der Waals surface area contributed by atoms with E-state index in [9.17, 15) is 0 Å². The molecule has 0 bridgehead atoms. The van der Waals surface area contributed by atoms with E-state index < -0.39 is 0 Å². The summed E-state index contributed by atoms with van der Waals surface area (Å²) in [6, 6.07) is 13.7. The predicted molar refractivity (Wildman–Crippen MR) is 97.9 cm³/mol. The fourth-order valence-electron chi connectivity index (χ4n) is 2.86. The van der Waals surface area contributed by atoms with Crippen LogP contribution in [0.4, 0.5) is 5.69 Å². The van der Waals surface area contributed by atoms with Gasteiger partial charge in [-0.3, -0.25) is 0 Å². The molecular weight excluding hydrogens is 329 g/mol. The summed E-state index contributed by atoms with van der Waals surface area (Å²) in [7, 11) is 0. The van der Waals surface area contributed by atoms with Crippen molar-refractivity contribution in [1.29, 1.82) is 0 Å². The maximum atomic E-state index is 6.28. The summed E-state index contributed by atoms with van der Waals surface area (Å²) in [5.41, 5.74) is 10.6. The zero-order valence-corrected chi connectivity index (χ0v) is 14.2. The van der Waals surface area contributed by atoms with Gasteiger partial charge in [0.2, 0.25) is 0 Å². The van der Waals surface area contributed by atoms with E-state index in [1.54, 1.807) is 6.07 Å². The number of halogens is 2. The molecule has 3 N–H and O–H groups in total. The smallest absolute Gasteiger partial charge is 0.0544 e. The van der Waals surface area contributed by atoms with Gasteiger partial charge in [-0.15, -0.1) is 0 Å². The van der Waals surface area contributed by atoms with Crippen LogP contribution >= 0.6 is 23.2 Å². The van der Waals surface area contributed by atoms with Crippen LogP contribution in [0.5, 0.6) is 0 Å². The Morgan fingerprint density at radius 3 is 2.65 bits per heavy atom. The van der Waals surface area contributed by atoms with E-state index >= 15 is 0 Å². The van der Waals surface area contributed by atoms with Crippen molar-refractivity contribution in [2.45, 2.75) is 12.6 Å². The second-order valence-electron chi connectivity index (χ2n) is 5.76. The summed E-state index contributed by atoms with van der Waals surface area (Å²) >= 11 is 12.0. The van der Waals surface area contributed by atoms with E-state index in [1.807, 2.05) is 24.3 Å². The Morgan fingerprint density at radius 1 is 1.22 bits per heavy atom. The van der Waals surface area contributed by atoms with Gasteiger partial charge in [-0.05, 0) is 29.3 Å². The minimum absolute atomic E-state index is 0.0114. The third kappa shape index (κ3) is 3.81. The van der Waals surface area contributed by atoms with Crippen molar-refractivity contribution in [2.75, 3.05) is 18.4 Å². The van der Waals surface area contributed by atoms with Crippen molar-refractivity contribution < 1.29 is 0 Å². The van der Waals surface area contributed by atoms with E-state index in [4.69, 9.17) is 28.9 Å². The van der Waals surface area contributed by atoms with E-state index in [-0.39, 0.29) is 6.04 Å². The molecule has 120 valence electrons. The summed E-state index contributed by atoms with van der Waals surface area (Å²) in [5, 5.41) is 4.53. The second-order valence-corrected chi connectivity index (χ2v) is 6.64. The van der Waals surface area contributed by atoms with Gasteiger partial charge in [-0.1, -0.05) is 54.0 Å². The van der Waals surface area contributed by atoms with Gasteiger partial charge >= 0.3 is 0 Å². The average Bonchev–Trinajstić information content (AvgIpc) is 2.51. The maximum Gasteiger partial charge on any atom is 0.0544 e. The van der Waals surface area contributed by atoms with Gasteiger partial charge < -0.3 is 16.0 Å². The van der Waals surface area contributed by atoms with Crippen molar-refractivity contribution in [3.63, 3.8) is 0 Å². The molecule has 5 heteroatoms. The molecule has 0 spiro atoms. The molecule has 1 heterocycles. The van der Waals surface area contributed by atoms with Crippen LogP contribution in [0, 0.1) is 0 Å². The van der Waals surface area contributed by atoms with Crippen LogP contribution in [0.15, 0.2) is 54.7 Å². The van der Waals surface area contributed by atoms with Gasteiger partial charge in [0.25, 0.3) is 0 Å². The van der Waals surface area contributed by atoms with Crippen LogP contribution in [0.25, 0.3) is 0 Å². The van der Waals surface area contributed by atoms with E-state index in [0.29, 0.717) is 16.6 Å². The average molecular weight is 348 g/mol. The van der Waals surface area contributed by atoms with Gasteiger partial charge in [-0.2, -0.15) is 0 Å². The molecular formula is C18H19Cl2N3. The van der Waals surface area contributed by atoms with Crippen molar-refractivity contribution >= 4 is 28.9 Å². The lowest BCUT2D eigenvalue weighted by atomic mass is 9.96. The lowest BCUT2D eigenvalue weighted by molar-refractivity contribution is 0.291. The van der Waals surface area contributed by atoms with Crippen LogP contribution in [0.3, 0.4) is 0 Å². The molecule has 0 radical (unpaired) electrons. The Balaban J connectivity index is 1.65. The molecule has 0 saturated heterocycles. The van der Waals surface area contributed by atoms with Crippen LogP contribution in [0.1, 0.15) is 17.2 Å². The molecule has 1 unspecified atom stereocenters. The van der Waals surface area contributed by atoms with Gasteiger partial charge in [-0.25, -0.2) is 0 Å². The molecule has 1 atom stereocenters. The third-order valence-electron chi connectivity index (χ3n) is 4.04. The predicted octanol–water partition coefficient (Wildman–Crippen LogP) is 4.43. The number of benzene rings is 2. The Kier molecular flexibility index (Phi) is 4.81. The first-order valence-corrected chi connectivity index (χ1v) is 8.24. The molecule has 0 aromatic heterocycles. The highest BCUT2D eigenvalue weighted by molar-refractivity contribution is 6.35. The molecule has 0 fully saturated rings. The number of nitrogens with two attached hydrogens (primary N) is 1. The topological polar surface area (TPSA) is 41.3 Å². The summed E-state index contributed by atoms with van der Waals surface area (Å²) in [6.07, 6.45) is 0. The molecule has 23 heavy (non-hydrogen) atoms. The standard InChI is InChI=1S/C18H19Cl2N3/c1-12(9-22-16-7-14(19)6-15(20)8-16)23-10-13-4-2-3-5-17(13)18(21)11-23/h2-8,18,22H,1,9-11,21H2. The Labute approximate surface area is 146 Å². The van der Waals surface area contributed by atoms with Crippen LogP contribution in [-0.2, 0) is 6.54 Å². The number of nitrogens with one attached hydrogen (secondary N) is 1. The fourth-order valence-corrected chi connectivity index (χ4v) is 3.38. The minimum Gasteiger partial charge on any atom is -0.379 e. The summed E-state index contributed by atoms with van der Waals surface area (Å²) in [4.78, 5) is 2.21. The molecule has 0 amide bonds. The first kappa shape index (κ1) is 16.2. The summed E-state index contributed by atoms with van der Waals surface area (Å²) < 4.78 is 0. The Morgan fingerprint density at radius 2 is 1.91 bits per heavy atom. The second kappa shape index (κ2) is 6.83. The molecule has 3 nitrogen and oxygen atoms in total. The largest absolute Gasteiger partial charge is 0.379 e. The van der Waals surface area contributed by atoms with E-state index in [0.717, 1.165) is 24.5 Å². The normalized spacial score (nSPS) is 16.8. The quantitative estimate of drug-likeness (QED) is 0.859. The van der Waals surface area contributed by atoms with Crippen LogP contribution < -0.4 is 11.1 Å². The fraction of sp³-hybridized carbons (Fsp3) is 0.222. The number of rotatable bonds is 4. The van der Waals surface area contributed by atoms with Gasteiger partial charge in [0, 0.05) is 40.6 Å². The van der Waals surface area contributed by atoms with E-state index in [2.05, 4.69) is 28.9 Å². The summed E-state index contributed by atoms with van der Waals surface area (Å²) in [5.74, 6) is 0. The number of fused-ring (bicyclic) bond motifs is 1. The maximum absolute atomic E-state index is 6.28. The van der Waals surface area contributed by atoms with Crippen LogP contribution in [-0.4, -0.2) is 18.0 Å². The first-order chi connectivity index (χ1) is 11.0. The van der Waals surface area contributed by atoms with Crippen molar-refractivity contribution in [3.8, 4) is 0 Å². The van der Waals surface area contributed by atoms with Gasteiger partial charge in [0.15, 0.2) is 0 Å². The first-order valence-electron chi connectivity index (χ1n) is 7.49. The Bertz CT molecular complexity index is 710. The highest BCUT2D eigenvalue weighted by Gasteiger charge is 2.22. The molecule has 2 aromatic rings. The van der Waals surface area contributed by atoms with Gasteiger partial charge in [0.1, 0.15) is 0 Å². The molecule has 1 aliphatic heterocycles. The van der Waals surface area contributed by atoms with E-state index in [1.165, 1.54) is 11.1 Å². The molecule has 2 aromatic carbocycles. The SMILES string of the molecule is C=C(CNc1cc(Cl)cc(Cl)c1)N1Cc2ccccc2C(N)C1. The van der Waals surface area contributed by atoms with Gasteiger partial charge in [0.05, 0.1) is 6.54 Å². The highest BCUT2D eigenvalue weighted by atomic mass is 35.5. The van der Waals surface area contributed by atoms with Crippen molar-refractivity contribution in [3.05, 3.63) is 75.9 Å². The van der Waals surface area contributed by atoms with Crippen LogP contribution in [0.2, 0.25) is 10.0 Å².